The third-order valence-corrected chi connectivity index (χ3v) is 4.47. The van der Waals surface area contributed by atoms with Gasteiger partial charge in [0.25, 0.3) is 5.56 Å². The number of carbonyl (C=O) groups is 1. The highest BCUT2D eigenvalue weighted by Crippen LogP contribution is 2.19. The fourth-order valence-electron chi connectivity index (χ4n) is 2.12. The van der Waals surface area contributed by atoms with Crippen molar-refractivity contribution in [2.24, 2.45) is 0 Å². The Kier molecular flexibility index (Phi) is 5.04. The monoisotopic (exact) mass is 355 g/mol. The van der Waals surface area contributed by atoms with Crippen molar-refractivity contribution in [2.75, 3.05) is 0 Å². The number of nitrogens with one attached hydrogen (secondary N) is 1. The van der Waals surface area contributed by atoms with Crippen LogP contribution in [0.1, 0.15) is 27.2 Å². The molecule has 126 valence electrons. The van der Waals surface area contributed by atoms with E-state index < -0.39 is 0 Å². The zero-order valence-corrected chi connectivity index (χ0v) is 14.1. The van der Waals surface area contributed by atoms with E-state index in [1.54, 1.807) is 19.1 Å². The lowest BCUT2D eigenvalue weighted by molar-refractivity contribution is 0.103. The van der Waals surface area contributed by atoms with E-state index in [2.05, 4.69) is 15.2 Å². The molecule has 0 saturated carbocycles. The number of H-pyrrole nitrogens is 1. The smallest absolute Gasteiger partial charge is 0.273 e. The van der Waals surface area contributed by atoms with Crippen LogP contribution < -0.4 is 5.56 Å². The molecule has 0 atom stereocenters. The summed E-state index contributed by atoms with van der Waals surface area (Å²) in [6.07, 6.45) is 0. The number of benzene rings is 2. The van der Waals surface area contributed by atoms with Crippen LogP contribution >= 0.6 is 11.8 Å². The first-order valence-electron chi connectivity index (χ1n) is 7.48. The van der Waals surface area contributed by atoms with Gasteiger partial charge in [0.15, 0.2) is 10.9 Å². The van der Waals surface area contributed by atoms with Crippen LogP contribution in [0.25, 0.3) is 0 Å². The molecule has 3 rings (SSSR count). The van der Waals surface area contributed by atoms with Crippen molar-refractivity contribution < 1.29 is 9.18 Å². The third kappa shape index (κ3) is 4.19. The van der Waals surface area contributed by atoms with Gasteiger partial charge in [-0.15, -0.1) is 10.2 Å². The highest BCUT2D eigenvalue weighted by molar-refractivity contribution is 7.98. The first-order chi connectivity index (χ1) is 12.0. The van der Waals surface area contributed by atoms with Gasteiger partial charge in [0.1, 0.15) is 11.5 Å². The third-order valence-electron chi connectivity index (χ3n) is 3.54. The average Bonchev–Trinajstić information content (AvgIpc) is 2.63. The summed E-state index contributed by atoms with van der Waals surface area (Å²) in [5, 5.41) is 8.15. The normalized spacial score (nSPS) is 10.6. The van der Waals surface area contributed by atoms with Crippen molar-refractivity contribution in [3.8, 4) is 0 Å². The van der Waals surface area contributed by atoms with Crippen molar-refractivity contribution in [3.05, 3.63) is 87.1 Å². The SMILES string of the molecule is Cc1nnc(SCc2ccc(C(=O)c3ccc(F)cc3)cc2)[nH]c1=O. The molecule has 7 heteroatoms. The lowest BCUT2D eigenvalue weighted by Gasteiger charge is -2.04. The van der Waals surface area contributed by atoms with Gasteiger partial charge in [-0.3, -0.25) is 14.6 Å². The quantitative estimate of drug-likeness (QED) is 0.562. The fraction of sp³-hybridized carbons (Fsp3) is 0.111. The molecule has 1 aromatic heterocycles. The van der Waals surface area contributed by atoms with Gasteiger partial charge in [-0.2, -0.15) is 0 Å². The summed E-state index contributed by atoms with van der Waals surface area (Å²) in [6, 6.07) is 12.6. The molecule has 1 heterocycles. The molecule has 2 aromatic carbocycles. The summed E-state index contributed by atoms with van der Waals surface area (Å²) in [5.74, 6) is 0.0488. The number of nitrogens with zero attached hydrogens (tertiary/aromatic N) is 2. The highest BCUT2D eigenvalue weighted by Gasteiger charge is 2.09. The van der Waals surface area contributed by atoms with Crippen molar-refractivity contribution in [2.45, 2.75) is 17.8 Å². The van der Waals surface area contributed by atoms with E-state index in [-0.39, 0.29) is 17.2 Å². The number of rotatable bonds is 5. The summed E-state index contributed by atoms with van der Waals surface area (Å²) in [6.45, 7) is 1.59. The number of aryl methyl sites for hydroxylation is 1. The summed E-state index contributed by atoms with van der Waals surface area (Å²) < 4.78 is 12.9. The van der Waals surface area contributed by atoms with Gasteiger partial charge in [0.05, 0.1) is 0 Å². The molecular weight excluding hydrogens is 341 g/mol. The molecule has 0 aliphatic heterocycles. The molecule has 0 radical (unpaired) electrons. The molecule has 5 nitrogen and oxygen atoms in total. The van der Waals surface area contributed by atoms with Crippen molar-refractivity contribution >= 4 is 17.5 Å². The first kappa shape index (κ1) is 17.0. The van der Waals surface area contributed by atoms with Crippen LogP contribution in [-0.2, 0) is 5.75 Å². The molecule has 0 amide bonds. The lowest BCUT2D eigenvalue weighted by atomic mass is 10.0. The summed E-state index contributed by atoms with van der Waals surface area (Å²) in [4.78, 5) is 26.5. The van der Waals surface area contributed by atoms with Gasteiger partial charge in [-0.25, -0.2) is 4.39 Å². The maximum Gasteiger partial charge on any atom is 0.273 e. The zero-order valence-electron chi connectivity index (χ0n) is 13.3. The summed E-state index contributed by atoms with van der Waals surface area (Å²) in [7, 11) is 0. The second kappa shape index (κ2) is 7.40. The van der Waals surface area contributed by atoms with E-state index in [4.69, 9.17) is 0 Å². The molecule has 0 saturated heterocycles. The Hall–Kier alpha value is -2.80. The Morgan fingerprint density at radius 3 is 2.24 bits per heavy atom. The number of aromatic nitrogens is 3. The van der Waals surface area contributed by atoms with Crippen LogP contribution in [-0.4, -0.2) is 21.0 Å². The fourth-order valence-corrected chi connectivity index (χ4v) is 2.87. The molecular formula is C18H14FN3O2S. The van der Waals surface area contributed by atoms with E-state index in [9.17, 15) is 14.0 Å². The predicted octanol–water partition coefficient (Wildman–Crippen LogP) is 3.14. The van der Waals surface area contributed by atoms with Gasteiger partial charge in [0, 0.05) is 16.9 Å². The van der Waals surface area contributed by atoms with Gasteiger partial charge < -0.3 is 0 Å². The van der Waals surface area contributed by atoms with Crippen molar-refractivity contribution in [3.63, 3.8) is 0 Å². The summed E-state index contributed by atoms with van der Waals surface area (Å²) in [5.41, 5.74) is 2.02. The minimum Gasteiger partial charge on any atom is -0.298 e. The standard InChI is InChI=1S/C18H14FN3O2S/c1-11-17(24)20-18(22-21-11)25-10-12-2-4-13(5-3-12)16(23)14-6-8-15(19)9-7-14/h2-9H,10H2,1H3,(H,20,22,24). The van der Waals surface area contributed by atoms with E-state index >= 15 is 0 Å². The number of ketones is 1. The van der Waals surface area contributed by atoms with Crippen molar-refractivity contribution in [1.29, 1.82) is 0 Å². The van der Waals surface area contributed by atoms with Gasteiger partial charge in [0.2, 0.25) is 0 Å². The van der Waals surface area contributed by atoms with Crippen LogP contribution in [0, 0.1) is 12.7 Å². The van der Waals surface area contributed by atoms with E-state index in [1.165, 1.54) is 36.0 Å². The van der Waals surface area contributed by atoms with E-state index in [0.717, 1.165) is 5.56 Å². The molecule has 25 heavy (non-hydrogen) atoms. The van der Waals surface area contributed by atoms with Gasteiger partial charge >= 0.3 is 0 Å². The Balaban J connectivity index is 1.67. The Labute approximate surface area is 147 Å². The lowest BCUT2D eigenvalue weighted by Crippen LogP contribution is -2.14. The van der Waals surface area contributed by atoms with E-state index in [1.807, 2.05) is 12.1 Å². The Morgan fingerprint density at radius 2 is 1.64 bits per heavy atom. The molecule has 0 bridgehead atoms. The zero-order chi connectivity index (χ0) is 17.8. The van der Waals surface area contributed by atoms with E-state index in [0.29, 0.717) is 27.7 Å². The Morgan fingerprint density at radius 1 is 1.04 bits per heavy atom. The first-order valence-corrected chi connectivity index (χ1v) is 8.47. The topological polar surface area (TPSA) is 75.7 Å². The van der Waals surface area contributed by atoms with Gasteiger partial charge in [-0.05, 0) is 36.8 Å². The number of hydrogen-bond donors (Lipinski definition) is 1. The second-order valence-corrected chi connectivity index (χ2v) is 6.33. The van der Waals surface area contributed by atoms with Crippen LogP contribution in [0.2, 0.25) is 0 Å². The molecule has 0 spiro atoms. The minimum atomic E-state index is -0.374. The number of thioether (sulfide) groups is 1. The maximum atomic E-state index is 12.9. The van der Waals surface area contributed by atoms with Crippen molar-refractivity contribution in [1.82, 2.24) is 15.2 Å². The number of aromatic amines is 1. The molecule has 0 aliphatic carbocycles. The van der Waals surface area contributed by atoms with Crippen LogP contribution in [0.15, 0.2) is 58.5 Å². The molecule has 0 aliphatic rings. The minimum absolute atomic E-state index is 0.159. The maximum absolute atomic E-state index is 12.9. The van der Waals surface area contributed by atoms with Crippen LogP contribution in [0.4, 0.5) is 4.39 Å². The second-order valence-electron chi connectivity index (χ2n) is 5.37. The van der Waals surface area contributed by atoms with Crippen LogP contribution in [0.3, 0.4) is 0 Å². The highest BCUT2D eigenvalue weighted by atomic mass is 32.2. The predicted molar refractivity (Wildman–Crippen MR) is 93.2 cm³/mol. The molecule has 0 fully saturated rings. The van der Waals surface area contributed by atoms with Crippen LogP contribution in [0.5, 0.6) is 0 Å². The Bertz CT molecular complexity index is 953. The average molecular weight is 355 g/mol. The molecule has 0 unspecified atom stereocenters. The summed E-state index contributed by atoms with van der Waals surface area (Å²) >= 11 is 1.35. The number of hydrogen-bond acceptors (Lipinski definition) is 5. The number of halogens is 1. The number of carbonyl (C=O) groups excluding carboxylic acids is 1. The van der Waals surface area contributed by atoms with Gasteiger partial charge in [-0.1, -0.05) is 36.0 Å². The largest absolute Gasteiger partial charge is 0.298 e. The molecule has 3 aromatic rings. The molecule has 1 N–H and O–H groups in total.